The van der Waals surface area contributed by atoms with Gasteiger partial charge in [-0.3, -0.25) is 4.98 Å². The molecule has 0 unspecified atom stereocenters. The molecule has 0 saturated heterocycles. The van der Waals surface area contributed by atoms with Crippen molar-refractivity contribution in [3.63, 3.8) is 0 Å². The minimum atomic E-state index is -0.165. The molecule has 3 heteroatoms. The van der Waals surface area contributed by atoms with Gasteiger partial charge in [0.25, 0.3) is 0 Å². The third-order valence-corrected chi connectivity index (χ3v) is 2.66. The Morgan fingerprint density at radius 3 is 2.71 bits per heavy atom. The first-order chi connectivity index (χ1) is 7.94. The minimum absolute atomic E-state index is 0.165. The summed E-state index contributed by atoms with van der Waals surface area (Å²) < 4.78 is 5.99. The van der Waals surface area contributed by atoms with Gasteiger partial charge in [-0.15, -0.1) is 0 Å². The Morgan fingerprint density at radius 1 is 1.41 bits per heavy atom. The van der Waals surface area contributed by atoms with E-state index >= 15 is 0 Å². The van der Waals surface area contributed by atoms with Crippen LogP contribution in [-0.2, 0) is 6.54 Å². The summed E-state index contributed by atoms with van der Waals surface area (Å²) in [5, 5.41) is 3.50. The molecule has 17 heavy (non-hydrogen) atoms. The molecule has 0 aromatic carbocycles. The van der Waals surface area contributed by atoms with Gasteiger partial charge in [0.05, 0.1) is 0 Å². The van der Waals surface area contributed by atoms with E-state index in [2.05, 4.69) is 31.1 Å². The van der Waals surface area contributed by atoms with Crippen LogP contribution in [0.1, 0.15) is 44.9 Å². The second kappa shape index (κ2) is 4.65. The summed E-state index contributed by atoms with van der Waals surface area (Å²) in [5.41, 5.74) is 1.99. The average molecular weight is 234 g/mol. The number of nitrogens with zero attached hydrogens (tertiary/aromatic N) is 1. The number of rotatable bonds is 4. The minimum Gasteiger partial charge on any atom is -0.488 e. The van der Waals surface area contributed by atoms with Gasteiger partial charge in [0.15, 0.2) is 0 Å². The van der Waals surface area contributed by atoms with Crippen molar-refractivity contribution < 1.29 is 4.74 Å². The fourth-order valence-electron chi connectivity index (χ4n) is 1.66. The summed E-state index contributed by atoms with van der Waals surface area (Å²) >= 11 is 0. The molecule has 94 valence electrons. The highest BCUT2D eigenvalue weighted by atomic mass is 16.5. The highest BCUT2D eigenvalue weighted by Gasteiger charge is 2.21. The zero-order chi connectivity index (χ0) is 12.5. The lowest BCUT2D eigenvalue weighted by atomic mass is 10.1. The van der Waals surface area contributed by atoms with E-state index in [-0.39, 0.29) is 5.60 Å². The Hall–Kier alpha value is -1.09. The molecule has 0 amide bonds. The van der Waals surface area contributed by atoms with E-state index in [0.717, 1.165) is 23.6 Å². The molecule has 1 aliphatic carbocycles. The second-order valence-electron chi connectivity index (χ2n) is 5.80. The van der Waals surface area contributed by atoms with Gasteiger partial charge in [-0.25, -0.2) is 0 Å². The van der Waals surface area contributed by atoms with E-state index in [1.165, 1.54) is 12.8 Å². The van der Waals surface area contributed by atoms with Crippen LogP contribution >= 0.6 is 0 Å². The Labute approximate surface area is 104 Å². The summed E-state index contributed by atoms with van der Waals surface area (Å²) in [5.74, 6) is 0.957. The maximum atomic E-state index is 5.99. The summed E-state index contributed by atoms with van der Waals surface area (Å²) in [7, 11) is 0. The van der Waals surface area contributed by atoms with E-state index in [4.69, 9.17) is 4.74 Å². The third kappa shape index (κ3) is 4.00. The van der Waals surface area contributed by atoms with Crippen LogP contribution in [0.2, 0.25) is 0 Å². The molecule has 0 bridgehead atoms. The molecular weight excluding hydrogens is 212 g/mol. The zero-order valence-electron chi connectivity index (χ0n) is 11.2. The molecule has 1 fully saturated rings. The summed E-state index contributed by atoms with van der Waals surface area (Å²) in [4.78, 5) is 4.35. The molecule has 1 saturated carbocycles. The van der Waals surface area contributed by atoms with Crippen molar-refractivity contribution in [2.24, 2.45) is 0 Å². The largest absolute Gasteiger partial charge is 0.488 e. The summed E-state index contributed by atoms with van der Waals surface area (Å²) in [6.45, 7) is 9.06. The number of ether oxygens (including phenoxy) is 1. The van der Waals surface area contributed by atoms with Crippen molar-refractivity contribution >= 4 is 0 Å². The van der Waals surface area contributed by atoms with Crippen molar-refractivity contribution in [3.05, 3.63) is 23.5 Å². The van der Waals surface area contributed by atoms with Gasteiger partial charge in [0.1, 0.15) is 11.4 Å². The van der Waals surface area contributed by atoms with Crippen molar-refractivity contribution in [1.29, 1.82) is 0 Å². The van der Waals surface area contributed by atoms with Crippen LogP contribution in [0, 0.1) is 6.92 Å². The molecule has 0 atom stereocenters. The molecule has 1 N–H and O–H groups in total. The fraction of sp³-hybridized carbons (Fsp3) is 0.643. The van der Waals surface area contributed by atoms with Crippen LogP contribution in [0.3, 0.4) is 0 Å². The van der Waals surface area contributed by atoms with E-state index in [0.29, 0.717) is 6.04 Å². The van der Waals surface area contributed by atoms with Gasteiger partial charge in [-0.05, 0) is 40.5 Å². The van der Waals surface area contributed by atoms with Gasteiger partial charge >= 0.3 is 0 Å². The number of aromatic nitrogens is 1. The van der Waals surface area contributed by atoms with Crippen LogP contribution in [0.15, 0.2) is 12.3 Å². The van der Waals surface area contributed by atoms with Crippen molar-refractivity contribution in [2.75, 3.05) is 0 Å². The predicted octanol–water partition coefficient (Wildman–Crippen LogP) is 2.82. The monoisotopic (exact) mass is 234 g/mol. The SMILES string of the molecule is Cc1cc(OC(C)(C)C)c(CNC2CC2)cn1. The maximum Gasteiger partial charge on any atom is 0.127 e. The van der Waals surface area contributed by atoms with E-state index in [1.54, 1.807) is 0 Å². The first-order valence-electron chi connectivity index (χ1n) is 6.32. The number of nitrogens with one attached hydrogen (secondary N) is 1. The van der Waals surface area contributed by atoms with Crippen molar-refractivity contribution in [2.45, 2.75) is 58.7 Å². The summed E-state index contributed by atoms with van der Waals surface area (Å²) in [6, 6.07) is 2.73. The molecule has 1 aromatic heterocycles. The molecule has 1 heterocycles. The topological polar surface area (TPSA) is 34.1 Å². The highest BCUT2D eigenvalue weighted by molar-refractivity contribution is 5.33. The van der Waals surface area contributed by atoms with Gasteiger partial charge in [-0.1, -0.05) is 0 Å². The van der Waals surface area contributed by atoms with Crippen LogP contribution in [0.4, 0.5) is 0 Å². The Balaban J connectivity index is 2.11. The highest BCUT2D eigenvalue weighted by Crippen LogP contribution is 2.25. The lowest BCUT2D eigenvalue weighted by Gasteiger charge is -2.23. The first kappa shape index (κ1) is 12.4. The molecular formula is C14H22N2O. The molecule has 1 aliphatic rings. The van der Waals surface area contributed by atoms with E-state index in [1.807, 2.05) is 19.2 Å². The maximum absolute atomic E-state index is 5.99. The molecule has 0 radical (unpaired) electrons. The second-order valence-corrected chi connectivity index (χ2v) is 5.80. The Kier molecular flexibility index (Phi) is 3.38. The van der Waals surface area contributed by atoms with Crippen molar-refractivity contribution in [3.8, 4) is 5.75 Å². The van der Waals surface area contributed by atoms with Crippen molar-refractivity contribution in [1.82, 2.24) is 10.3 Å². The average Bonchev–Trinajstić information content (AvgIpc) is 2.97. The van der Waals surface area contributed by atoms with Crippen LogP contribution < -0.4 is 10.1 Å². The number of pyridine rings is 1. The fourth-order valence-corrected chi connectivity index (χ4v) is 1.66. The third-order valence-electron chi connectivity index (χ3n) is 2.66. The number of hydrogen-bond acceptors (Lipinski definition) is 3. The number of hydrogen-bond donors (Lipinski definition) is 1. The Bertz CT molecular complexity index is 392. The summed E-state index contributed by atoms with van der Waals surface area (Å²) in [6.07, 6.45) is 4.52. The van der Waals surface area contributed by atoms with Gasteiger partial charge in [-0.2, -0.15) is 0 Å². The van der Waals surface area contributed by atoms with Crippen LogP contribution in [0.25, 0.3) is 0 Å². The molecule has 3 nitrogen and oxygen atoms in total. The van der Waals surface area contributed by atoms with Gasteiger partial charge in [0, 0.05) is 36.1 Å². The lowest BCUT2D eigenvalue weighted by molar-refractivity contribution is 0.129. The molecule has 2 rings (SSSR count). The molecule has 1 aromatic rings. The standard InChI is InChI=1S/C14H22N2O/c1-10-7-13(17-14(2,3)4)11(8-15-10)9-16-12-5-6-12/h7-8,12,16H,5-6,9H2,1-4H3. The van der Waals surface area contributed by atoms with Gasteiger partial charge < -0.3 is 10.1 Å². The quantitative estimate of drug-likeness (QED) is 0.870. The smallest absolute Gasteiger partial charge is 0.127 e. The van der Waals surface area contributed by atoms with E-state index < -0.39 is 0 Å². The molecule has 0 aliphatic heterocycles. The Morgan fingerprint density at radius 2 is 2.12 bits per heavy atom. The zero-order valence-corrected chi connectivity index (χ0v) is 11.2. The predicted molar refractivity (Wildman–Crippen MR) is 69.2 cm³/mol. The van der Waals surface area contributed by atoms with Crippen LogP contribution in [-0.4, -0.2) is 16.6 Å². The number of aryl methyl sites for hydroxylation is 1. The lowest BCUT2D eigenvalue weighted by Crippen LogP contribution is -2.25. The van der Waals surface area contributed by atoms with E-state index in [9.17, 15) is 0 Å². The normalized spacial score (nSPS) is 16.0. The van der Waals surface area contributed by atoms with Crippen LogP contribution in [0.5, 0.6) is 5.75 Å². The molecule has 0 spiro atoms. The van der Waals surface area contributed by atoms with Gasteiger partial charge in [0.2, 0.25) is 0 Å². The first-order valence-corrected chi connectivity index (χ1v) is 6.32.